The Kier molecular flexibility index (Phi) is 8.88. The average molecular weight is 522 g/mol. The Hall–Kier alpha value is -3.01. The van der Waals surface area contributed by atoms with Gasteiger partial charge in [0.15, 0.2) is 12.1 Å². The molecule has 1 aromatic carbocycles. The lowest BCUT2D eigenvalue weighted by atomic mass is 9.97. The van der Waals surface area contributed by atoms with Crippen LogP contribution >= 0.6 is 0 Å². The molecule has 1 unspecified atom stereocenters. The second-order valence-electron chi connectivity index (χ2n) is 10.2. The first-order chi connectivity index (χ1) is 18.6. The summed E-state index contributed by atoms with van der Waals surface area (Å²) in [6, 6.07) is 6.31. The molecule has 2 saturated heterocycles. The number of hydrogen-bond donors (Lipinski definition) is 1. The number of ketones is 1. The summed E-state index contributed by atoms with van der Waals surface area (Å²) in [5, 5.41) is 4.97. The summed E-state index contributed by atoms with van der Waals surface area (Å²) in [7, 11) is 1.71. The van der Waals surface area contributed by atoms with Gasteiger partial charge in [0.2, 0.25) is 5.95 Å². The van der Waals surface area contributed by atoms with Gasteiger partial charge >= 0.3 is 0 Å². The number of nitrogens with one attached hydrogen (secondary N) is 1. The predicted molar refractivity (Wildman–Crippen MR) is 147 cm³/mol. The van der Waals surface area contributed by atoms with E-state index in [-0.39, 0.29) is 18.7 Å². The molecule has 38 heavy (non-hydrogen) atoms. The number of carbonyl (C=O) groups excluding carboxylic acids is 1. The highest BCUT2D eigenvalue weighted by Crippen LogP contribution is 2.26. The Bertz CT molecular complexity index is 1200. The molecule has 0 spiro atoms. The molecule has 2 aliphatic heterocycles. The summed E-state index contributed by atoms with van der Waals surface area (Å²) >= 11 is 0. The van der Waals surface area contributed by atoms with E-state index in [0.717, 1.165) is 70.6 Å². The number of Topliss-reactive ketones (excluding diaryl/α,β-unsaturated/α-hetero) is 1. The largest absolute Gasteiger partial charge is 0.497 e. The smallest absolute Gasteiger partial charge is 0.225 e. The Labute approximate surface area is 224 Å². The van der Waals surface area contributed by atoms with Gasteiger partial charge in [0.1, 0.15) is 12.4 Å². The fourth-order valence-electron chi connectivity index (χ4n) is 5.35. The molecule has 0 radical (unpaired) electrons. The number of methoxy groups -OCH3 is 1. The first-order valence-electron chi connectivity index (χ1n) is 13.8. The minimum Gasteiger partial charge on any atom is -0.497 e. The van der Waals surface area contributed by atoms with Crippen LogP contribution in [0.3, 0.4) is 0 Å². The minimum absolute atomic E-state index is 0.00107. The van der Waals surface area contributed by atoms with Gasteiger partial charge in [-0.2, -0.15) is 0 Å². The monoisotopic (exact) mass is 521 g/mol. The molecular formula is C29H39N5O4. The van der Waals surface area contributed by atoms with E-state index in [0.29, 0.717) is 24.0 Å². The number of rotatable bonds is 11. The van der Waals surface area contributed by atoms with Crippen LogP contribution in [0.5, 0.6) is 5.75 Å². The van der Waals surface area contributed by atoms with Crippen LogP contribution in [0.25, 0.3) is 10.9 Å². The molecule has 3 aromatic rings. The highest BCUT2D eigenvalue weighted by molar-refractivity contribution is 5.96. The van der Waals surface area contributed by atoms with Crippen LogP contribution < -0.4 is 15.0 Å². The number of carbonyl (C=O) groups is 1. The van der Waals surface area contributed by atoms with Crippen LogP contribution in [0.15, 0.2) is 36.8 Å². The summed E-state index contributed by atoms with van der Waals surface area (Å²) in [6.07, 6.45) is 10.3. The first kappa shape index (κ1) is 26.6. The number of aromatic nitrogens is 3. The fraction of sp³-hybridized carbons (Fsp3) is 0.552. The van der Waals surface area contributed by atoms with Crippen molar-refractivity contribution >= 4 is 22.6 Å². The number of benzene rings is 1. The van der Waals surface area contributed by atoms with Gasteiger partial charge in [-0.15, -0.1) is 0 Å². The second-order valence-corrected chi connectivity index (χ2v) is 10.2. The zero-order valence-corrected chi connectivity index (χ0v) is 22.5. The van der Waals surface area contributed by atoms with Crippen LogP contribution in [0.1, 0.15) is 54.9 Å². The van der Waals surface area contributed by atoms with Crippen molar-refractivity contribution < 1.29 is 19.0 Å². The van der Waals surface area contributed by atoms with E-state index in [1.54, 1.807) is 19.5 Å². The minimum atomic E-state index is -0.274. The molecule has 0 saturated carbocycles. The lowest BCUT2D eigenvalue weighted by Crippen LogP contribution is -2.38. The lowest BCUT2D eigenvalue weighted by molar-refractivity contribution is -0.155. The van der Waals surface area contributed by atoms with E-state index in [4.69, 9.17) is 14.2 Å². The van der Waals surface area contributed by atoms with Crippen LogP contribution in [-0.2, 0) is 22.6 Å². The summed E-state index contributed by atoms with van der Waals surface area (Å²) < 4.78 is 18.8. The number of fused-ring (bicyclic) bond motifs is 1. The third kappa shape index (κ3) is 6.34. The summed E-state index contributed by atoms with van der Waals surface area (Å²) in [5.41, 5.74) is 3.02. The van der Waals surface area contributed by atoms with Crippen molar-refractivity contribution in [3.05, 3.63) is 47.9 Å². The van der Waals surface area contributed by atoms with E-state index < -0.39 is 0 Å². The van der Waals surface area contributed by atoms with E-state index >= 15 is 0 Å². The molecule has 9 heteroatoms. The van der Waals surface area contributed by atoms with E-state index in [2.05, 4.69) is 50.0 Å². The number of hydrogen-bond acceptors (Lipinski definition) is 8. The summed E-state index contributed by atoms with van der Waals surface area (Å²) in [6.45, 7) is 7.46. The molecule has 5 rings (SSSR count). The van der Waals surface area contributed by atoms with Gasteiger partial charge in [-0.3, -0.25) is 4.79 Å². The molecule has 2 fully saturated rings. The number of aryl methyl sites for hydroxylation is 1. The van der Waals surface area contributed by atoms with Crippen LogP contribution in [0.2, 0.25) is 0 Å². The molecule has 204 valence electrons. The topological polar surface area (TPSA) is 90.7 Å². The van der Waals surface area contributed by atoms with Gasteiger partial charge in [0.25, 0.3) is 0 Å². The Balaban J connectivity index is 1.06. The quantitative estimate of drug-likeness (QED) is 0.376. The number of ether oxygens (including phenoxy) is 3. The predicted octanol–water partition coefficient (Wildman–Crippen LogP) is 4.19. The Morgan fingerprint density at radius 2 is 1.97 bits per heavy atom. The maximum atomic E-state index is 12.5. The molecule has 2 aromatic heterocycles. The maximum Gasteiger partial charge on any atom is 0.225 e. The van der Waals surface area contributed by atoms with Crippen molar-refractivity contribution in [1.29, 1.82) is 0 Å². The zero-order chi connectivity index (χ0) is 26.3. The zero-order valence-electron chi connectivity index (χ0n) is 22.5. The first-order valence-corrected chi connectivity index (χ1v) is 13.8. The van der Waals surface area contributed by atoms with Crippen molar-refractivity contribution in [2.75, 3.05) is 44.9 Å². The Morgan fingerprint density at radius 1 is 1.16 bits per heavy atom. The SMILES string of the molecule is CCn1cc(CNCC2CCN(c3ncc(C(=O)COC4CCCCO4)cn3)CC2)c2ccc(OC)cc21. The van der Waals surface area contributed by atoms with Gasteiger partial charge < -0.3 is 29.0 Å². The van der Waals surface area contributed by atoms with Crippen LogP contribution in [0, 0.1) is 5.92 Å². The van der Waals surface area contributed by atoms with E-state index in [1.807, 2.05) is 6.07 Å². The van der Waals surface area contributed by atoms with E-state index in [1.165, 1.54) is 16.5 Å². The highest BCUT2D eigenvalue weighted by Gasteiger charge is 2.22. The van der Waals surface area contributed by atoms with Gasteiger partial charge in [-0.25, -0.2) is 9.97 Å². The van der Waals surface area contributed by atoms with Crippen molar-refractivity contribution in [2.45, 2.75) is 58.4 Å². The second kappa shape index (κ2) is 12.7. The molecule has 1 N–H and O–H groups in total. The molecule has 0 aliphatic carbocycles. The Morgan fingerprint density at radius 3 is 2.68 bits per heavy atom. The van der Waals surface area contributed by atoms with Gasteiger partial charge in [-0.1, -0.05) is 0 Å². The van der Waals surface area contributed by atoms with Gasteiger partial charge in [0, 0.05) is 62.8 Å². The summed E-state index contributed by atoms with van der Waals surface area (Å²) in [4.78, 5) is 23.6. The maximum absolute atomic E-state index is 12.5. The standard InChI is InChI=1S/C29H39N5O4/c1-3-33-19-23(25-8-7-24(36-2)14-26(25)33)16-30-15-21-9-11-34(12-10-21)29-31-17-22(18-32-29)27(35)20-38-28-6-4-5-13-37-28/h7-8,14,17-19,21,28,30H,3-6,9-13,15-16,20H2,1-2H3. The van der Waals surface area contributed by atoms with Crippen molar-refractivity contribution in [1.82, 2.24) is 19.9 Å². The number of nitrogens with zero attached hydrogens (tertiary/aromatic N) is 4. The molecule has 4 heterocycles. The van der Waals surface area contributed by atoms with Gasteiger partial charge in [0.05, 0.1) is 18.2 Å². The normalized spacial score (nSPS) is 18.7. The third-order valence-corrected chi connectivity index (χ3v) is 7.66. The fourth-order valence-corrected chi connectivity index (χ4v) is 5.35. The van der Waals surface area contributed by atoms with Crippen molar-refractivity contribution in [3.63, 3.8) is 0 Å². The average Bonchev–Trinajstić information content (AvgIpc) is 3.33. The van der Waals surface area contributed by atoms with Gasteiger partial charge in [-0.05, 0) is 69.2 Å². The summed E-state index contributed by atoms with van der Waals surface area (Å²) in [5.74, 6) is 2.08. The highest BCUT2D eigenvalue weighted by atomic mass is 16.7. The van der Waals surface area contributed by atoms with E-state index in [9.17, 15) is 4.79 Å². The molecule has 9 nitrogen and oxygen atoms in total. The van der Waals surface area contributed by atoms with Crippen molar-refractivity contribution in [2.24, 2.45) is 5.92 Å². The number of piperidine rings is 1. The van der Waals surface area contributed by atoms with Crippen LogP contribution in [0.4, 0.5) is 5.95 Å². The molecule has 0 amide bonds. The molecule has 2 aliphatic rings. The molecule has 1 atom stereocenters. The third-order valence-electron chi connectivity index (χ3n) is 7.66. The van der Waals surface area contributed by atoms with Crippen molar-refractivity contribution in [3.8, 4) is 5.75 Å². The molecule has 0 bridgehead atoms. The van der Waals surface area contributed by atoms with Crippen LogP contribution in [-0.4, -0.2) is 66.6 Å². The lowest BCUT2D eigenvalue weighted by Gasteiger charge is -2.32. The molecular weight excluding hydrogens is 482 g/mol. The number of anilines is 1.